The van der Waals surface area contributed by atoms with E-state index in [9.17, 15) is 0 Å². The van der Waals surface area contributed by atoms with Crippen LogP contribution in [0.25, 0.3) is 22.4 Å². The number of hydrogen-bond donors (Lipinski definition) is 2. The Labute approximate surface area is 198 Å². The molecule has 34 heavy (non-hydrogen) atoms. The summed E-state index contributed by atoms with van der Waals surface area (Å²) in [5.41, 5.74) is 10.3. The number of nitrogens with one attached hydrogen (secondary N) is 2. The molecule has 0 saturated heterocycles. The minimum atomic E-state index is 0.118. The lowest BCUT2D eigenvalue weighted by Crippen LogP contribution is -2.58. The summed E-state index contributed by atoms with van der Waals surface area (Å²) in [6.45, 7) is 2.21. The first-order valence-electron chi connectivity index (χ1n) is 11.5. The zero-order chi connectivity index (χ0) is 23.0. The molecule has 0 bridgehead atoms. The Bertz CT molecular complexity index is 1640. The smallest absolute Gasteiger partial charge is 0.287 e. The number of benzene rings is 4. The SMILES string of the molecule is COc1cccc(-c2[nH]c3cc4c(cc3[n+]2C)Oc2cccc3c2B4c2ccccc2N3)c1C. The van der Waals surface area contributed by atoms with Crippen LogP contribution < -0.4 is 35.7 Å². The van der Waals surface area contributed by atoms with Crippen molar-refractivity contribution >= 4 is 45.5 Å². The number of aryl methyl sites for hydroxylation is 1. The molecule has 1 aromatic heterocycles. The number of H-pyrrole nitrogens is 1. The van der Waals surface area contributed by atoms with Gasteiger partial charge in [-0.3, -0.25) is 0 Å². The standard InChI is InChI=1S/C28H22BN3O2/c1-16-17(8-6-12-24(16)33-3)28-31-22-14-19-26(15-23(22)32(28)2)34-25-13-7-11-21-27(25)29(19)18-9-4-5-10-20(18)30-21/h4-15,30H,1-3H3/p+1. The van der Waals surface area contributed by atoms with Gasteiger partial charge in [-0.1, -0.05) is 30.3 Å². The number of methoxy groups -OCH3 is 1. The molecule has 7 rings (SSSR count). The van der Waals surface area contributed by atoms with E-state index in [1.165, 1.54) is 16.4 Å². The molecule has 0 atom stereocenters. The van der Waals surface area contributed by atoms with E-state index in [1.807, 2.05) is 12.1 Å². The molecular weight excluding hydrogens is 421 g/mol. The van der Waals surface area contributed by atoms with Crippen LogP contribution in [0.5, 0.6) is 17.2 Å². The molecular formula is C28H23BN3O2+. The van der Waals surface area contributed by atoms with Crippen LogP contribution in [0.15, 0.2) is 72.8 Å². The van der Waals surface area contributed by atoms with E-state index in [-0.39, 0.29) is 6.71 Å². The van der Waals surface area contributed by atoms with Gasteiger partial charge in [0.15, 0.2) is 11.0 Å². The minimum absolute atomic E-state index is 0.118. The van der Waals surface area contributed by atoms with Crippen molar-refractivity contribution in [3.63, 3.8) is 0 Å². The number of para-hydroxylation sites is 1. The van der Waals surface area contributed by atoms with Crippen molar-refractivity contribution in [2.24, 2.45) is 7.05 Å². The summed E-state index contributed by atoms with van der Waals surface area (Å²) >= 11 is 0. The summed E-state index contributed by atoms with van der Waals surface area (Å²) in [5, 5.41) is 3.60. The van der Waals surface area contributed by atoms with Crippen LogP contribution in [0.4, 0.5) is 11.4 Å². The quantitative estimate of drug-likeness (QED) is 0.316. The fraction of sp³-hybridized carbons (Fsp3) is 0.107. The van der Waals surface area contributed by atoms with E-state index in [1.54, 1.807) is 7.11 Å². The summed E-state index contributed by atoms with van der Waals surface area (Å²) in [5.74, 6) is 3.74. The molecule has 2 N–H and O–H groups in total. The van der Waals surface area contributed by atoms with Crippen molar-refractivity contribution in [1.29, 1.82) is 0 Å². The maximum absolute atomic E-state index is 6.49. The number of anilines is 2. The molecule has 0 radical (unpaired) electrons. The van der Waals surface area contributed by atoms with E-state index >= 15 is 0 Å². The fourth-order valence-electron chi connectivity index (χ4n) is 5.59. The van der Waals surface area contributed by atoms with Crippen molar-refractivity contribution in [3.05, 3.63) is 78.4 Å². The number of rotatable bonds is 2. The number of aromatic amines is 1. The number of imidazole rings is 1. The van der Waals surface area contributed by atoms with Gasteiger partial charge in [0.25, 0.3) is 12.5 Å². The van der Waals surface area contributed by atoms with Gasteiger partial charge >= 0.3 is 0 Å². The van der Waals surface area contributed by atoms with Gasteiger partial charge in [0.1, 0.15) is 17.2 Å². The summed E-state index contributed by atoms with van der Waals surface area (Å²) in [4.78, 5) is 3.68. The first-order chi connectivity index (χ1) is 16.6. The lowest BCUT2D eigenvalue weighted by atomic mass is 9.34. The molecule has 2 aliphatic rings. The lowest BCUT2D eigenvalue weighted by molar-refractivity contribution is -0.633. The van der Waals surface area contributed by atoms with Gasteiger partial charge in [-0.05, 0) is 59.7 Å². The lowest BCUT2D eigenvalue weighted by Gasteiger charge is -2.33. The molecule has 5 nitrogen and oxygen atoms in total. The third-order valence-corrected chi connectivity index (χ3v) is 7.26. The average molecular weight is 444 g/mol. The predicted octanol–water partition coefficient (Wildman–Crippen LogP) is 3.66. The van der Waals surface area contributed by atoms with Crippen LogP contribution in [0.1, 0.15) is 5.56 Å². The number of hydrogen-bond acceptors (Lipinski definition) is 3. The molecule has 0 unspecified atom stereocenters. The van der Waals surface area contributed by atoms with Gasteiger partial charge < -0.3 is 14.8 Å². The van der Waals surface area contributed by atoms with E-state index in [4.69, 9.17) is 9.47 Å². The highest BCUT2D eigenvalue weighted by atomic mass is 16.5. The van der Waals surface area contributed by atoms with Gasteiger partial charge in [-0.25, -0.2) is 9.55 Å². The Morgan fingerprint density at radius 2 is 1.71 bits per heavy atom. The monoisotopic (exact) mass is 444 g/mol. The zero-order valence-corrected chi connectivity index (χ0v) is 19.3. The Hall–Kier alpha value is -4.19. The second kappa shape index (κ2) is 6.91. The van der Waals surface area contributed by atoms with Crippen molar-refractivity contribution in [2.75, 3.05) is 12.4 Å². The topological polar surface area (TPSA) is 50.2 Å². The second-order valence-corrected chi connectivity index (χ2v) is 9.04. The Morgan fingerprint density at radius 3 is 2.59 bits per heavy atom. The summed E-state index contributed by atoms with van der Waals surface area (Å²) in [6, 6.07) is 25.4. The van der Waals surface area contributed by atoms with Crippen LogP contribution in [0, 0.1) is 6.92 Å². The van der Waals surface area contributed by atoms with Crippen LogP contribution >= 0.6 is 0 Å². The largest absolute Gasteiger partial charge is 0.496 e. The minimum Gasteiger partial charge on any atom is -0.496 e. The molecule has 0 spiro atoms. The van der Waals surface area contributed by atoms with Gasteiger partial charge in [-0.15, -0.1) is 0 Å². The van der Waals surface area contributed by atoms with Crippen molar-refractivity contribution in [2.45, 2.75) is 6.92 Å². The van der Waals surface area contributed by atoms with E-state index in [0.717, 1.165) is 56.6 Å². The van der Waals surface area contributed by atoms with Crippen LogP contribution in [-0.2, 0) is 7.05 Å². The maximum Gasteiger partial charge on any atom is 0.287 e. The van der Waals surface area contributed by atoms with Crippen LogP contribution in [-0.4, -0.2) is 18.8 Å². The van der Waals surface area contributed by atoms with Gasteiger partial charge in [0, 0.05) is 23.0 Å². The summed E-state index contributed by atoms with van der Waals surface area (Å²) in [6.07, 6.45) is 0. The molecule has 0 amide bonds. The van der Waals surface area contributed by atoms with Gasteiger partial charge in [-0.2, -0.15) is 0 Å². The Kier molecular flexibility index (Phi) is 3.92. The molecule has 6 heteroatoms. The van der Waals surface area contributed by atoms with Gasteiger partial charge in [0.05, 0.1) is 19.7 Å². The Morgan fingerprint density at radius 1 is 0.882 bits per heavy atom. The Balaban J connectivity index is 1.47. The highest BCUT2D eigenvalue weighted by Crippen LogP contribution is 2.34. The average Bonchev–Trinajstić information content (AvgIpc) is 3.18. The molecule has 5 aromatic rings. The maximum atomic E-state index is 6.49. The van der Waals surface area contributed by atoms with Crippen molar-refractivity contribution in [3.8, 4) is 28.6 Å². The first kappa shape index (κ1) is 19.3. The molecule has 164 valence electrons. The number of ether oxygens (including phenoxy) is 2. The molecule has 2 aliphatic heterocycles. The van der Waals surface area contributed by atoms with Crippen LogP contribution in [0.3, 0.4) is 0 Å². The zero-order valence-electron chi connectivity index (χ0n) is 19.3. The van der Waals surface area contributed by atoms with Crippen molar-refractivity contribution < 1.29 is 14.0 Å². The number of nitrogens with zero attached hydrogens (tertiary/aromatic N) is 1. The van der Waals surface area contributed by atoms with Crippen LogP contribution in [0.2, 0.25) is 0 Å². The highest BCUT2D eigenvalue weighted by molar-refractivity contribution is 6.99. The molecule has 0 fully saturated rings. The normalized spacial score (nSPS) is 13.0. The predicted molar refractivity (Wildman–Crippen MR) is 137 cm³/mol. The molecule has 0 saturated carbocycles. The fourth-order valence-corrected chi connectivity index (χ4v) is 5.59. The molecule has 4 aromatic carbocycles. The third-order valence-electron chi connectivity index (χ3n) is 7.26. The van der Waals surface area contributed by atoms with E-state index < -0.39 is 0 Å². The number of fused-ring (bicyclic) bond motifs is 5. The molecule has 0 aliphatic carbocycles. The summed E-state index contributed by atoms with van der Waals surface area (Å²) < 4.78 is 14.3. The van der Waals surface area contributed by atoms with E-state index in [0.29, 0.717) is 0 Å². The number of aromatic nitrogens is 2. The van der Waals surface area contributed by atoms with Crippen molar-refractivity contribution in [1.82, 2.24) is 4.98 Å². The first-order valence-corrected chi connectivity index (χ1v) is 11.5. The third kappa shape index (κ3) is 2.54. The van der Waals surface area contributed by atoms with Gasteiger partial charge in [0.2, 0.25) is 0 Å². The molecule has 3 heterocycles. The second-order valence-electron chi connectivity index (χ2n) is 9.04. The highest BCUT2D eigenvalue weighted by Gasteiger charge is 2.39. The summed E-state index contributed by atoms with van der Waals surface area (Å²) in [7, 11) is 3.81. The van der Waals surface area contributed by atoms with E-state index in [2.05, 4.69) is 89.5 Å².